The minimum absolute atomic E-state index is 0.101. The second kappa shape index (κ2) is 8.64. The molecule has 0 saturated carbocycles. The third-order valence-electron chi connectivity index (χ3n) is 7.77. The van der Waals surface area contributed by atoms with Gasteiger partial charge in [-0.05, 0) is 92.8 Å². The van der Waals surface area contributed by atoms with Crippen molar-refractivity contribution in [2.75, 3.05) is 19.6 Å². The molecule has 0 bridgehead atoms. The molecule has 32 heavy (non-hydrogen) atoms. The number of fused-ring (bicyclic) bond motifs is 1. The molecule has 5 nitrogen and oxygen atoms in total. The molecule has 4 rings (SSSR count). The van der Waals surface area contributed by atoms with Gasteiger partial charge >= 0.3 is 0 Å². The number of carbonyl (C=O) groups excluding carboxylic acids is 1. The first-order valence-electron chi connectivity index (χ1n) is 11.6. The maximum absolute atomic E-state index is 13.6. The predicted molar refractivity (Wildman–Crippen MR) is 127 cm³/mol. The van der Waals surface area contributed by atoms with Crippen molar-refractivity contribution in [3.05, 3.63) is 63.2 Å². The summed E-state index contributed by atoms with van der Waals surface area (Å²) in [4.78, 5) is 15.6. The van der Waals surface area contributed by atoms with E-state index < -0.39 is 10.0 Å². The molecule has 1 amide bonds. The Hall–Kier alpha value is -2.18. The van der Waals surface area contributed by atoms with Crippen molar-refractivity contribution in [1.29, 1.82) is 0 Å². The minimum Gasteiger partial charge on any atom is -0.338 e. The van der Waals surface area contributed by atoms with Crippen LogP contribution in [-0.4, -0.2) is 43.2 Å². The molecule has 2 heterocycles. The molecule has 1 fully saturated rings. The Labute approximate surface area is 192 Å². The van der Waals surface area contributed by atoms with Gasteiger partial charge in [-0.1, -0.05) is 24.3 Å². The van der Waals surface area contributed by atoms with Gasteiger partial charge in [0.1, 0.15) is 0 Å². The van der Waals surface area contributed by atoms with Crippen LogP contribution < -0.4 is 0 Å². The summed E-state index contributed by atoms with van der Waals surface area (Å²) in [5.41, 5.74) is 7.48. The number of hydrogen-bond donors (Lipinski definition) is 0. The number of amides is 1. The lowest BCUT2D eigenvalue weighted by molar-refractivity contribution is -0.137. The molecule has 0 N–H and O–H groups in total. The highest BCUT2D eigenvalue weighted by atomic mass is 32.2. The van der Waals surface area contributed by atoms with Crippen LogP contribution in [0.15, 0.2) is 29.2 Å². The van der Waals surface area contributed by atoms with Gasteiger partial charge in [0, 0.05) is 32.1 Å². The number of sulfonamides is 1. The molecule has 172 valence electrons. The van der Waals surface area contributed by atoms with Crippen molar-refractivity contribution in [3.8, 4) is 0 Å². The van der Waals surface area contributed by atoms with Crippen molar-refractivity contribution < 1.29 is 13.2 Å². The number of piperidine rings is 1. The van der Waals surface area contributed by atoms with Gasteiger partial charge in [-0.25, -0.2) is 8.42 Å². The molecule has 2 aromatic carbocycles. The van der Waals surface area contributed by atoms with E-state index in [1.165, 1.54) is 11.1 Å². The Bertz CT molecular complexity index is 1130. The Morgan fingerprint density at radius 1 is 0.812 bits per heavy atom. The van der Waals surface area contributed by atoms with Crippen LogP contribution in [0, 0.1) is 40.5 Å². The average Bonchev–Trinajstić information content (AvgIpc) is 2.80. The summed E-state index contributed by atoms with van der Waals surface area (Å²) in [7, 11) is -3.59. The lowest BCUT2D eigenvalue weighted by atomic mass is 9.94. The number of rotatable bonds is 3. The summed E-state index contributed by atoms with van der Waals surface area (Å²) in [6.45, 7) is 12.1. The Balaban J connectivity index is 1.48. The molecule has 0 unspecified atom stereocenters. The molecule has 0 aliphatic carbocycles. The molecule has 1 saturated heterocycles. The first-order chi connectivity index (χ1) is 15.1. The SMILES string of the molecule is Cc1c(C)c(C)c(S(=O)(=O)N2CCC(C(=O)N3CCc4ccccc4C3)CC2)c(C)c1C. The van der Waals surface area contributed by atoms with E-state index in [0.717, 1.165) is 40.8 Å². The van der Waals surface area contributed by atoms with Crippen LogP contribution in [0.1, 0.15) is 51.8 Å². The minimum atomic E-state index is -3.59. The van der Waals surface area contributed by atoms with Gasteiger partial charge in [0.2, 0.25) is 15.9 Å². The second-order valence-electron chi connectivity index (χ2n) is 9.41. The van der Waals surface area contributed by atoms with E-state index in [-0.39, 0.29) is 11.8 Å². The summed E-state index contributed by atoms with van der Waals surface area (Å²) in [5.74, 6) is 0.0707. The average molecular weight is 455 g/mol. The fourth-order valence-corrected chi connectivity index (χ4v) is 7.30. The highest BCUT2D eigenvalue weighted by Crippen LogP contribution is 2.34. The quantitative estimate of drug-likeness (QED) is 0.698. The van der Waals surface area contributed by atoms with Crippen LogP contribution in [-0.2, 0) is 27.8 Å². The third-order valence-corrected chi connectivity index (χ3v) is 9.95. The number of hydrogen-bond acceptors (Lipinski definition) is 3. The number of benzene rings is 2. The van der Waals surface area contributed by atoms with Gasteiger partial charge in [-0.2, -0.15) is 4.31 Å². The molecule has 2 aliphatic heterocycles. The highest BCUT2D eigenvalue weighted by molar-refractivity contribution is 7.89. The molecular formula is C26H34N2O3S. The first-order valence-corrected chi connectivity index (χ1v) is 13.0. The molecule has 0 atom stereocenters. The van der Waals surface area contributed by atoms with Gasteiger partial charge in [0.15, 0.2) is 0 Å². The van der Waals surface area contributed by atoms with Gasteiger partial charge in [0.25, 0.3) is 0 Å². The van der Waals surface area contributed by atoms with Gasteiger partial charge in [0.05, 0.1) is 4.90 Å². The van der Waals surface area contributed by atoms with Gasteiger partial charge < -0.3 is 4.90 Å². The normalized spacial score (nSPS) is 18.0. The monoisotopic (exact) mass is 454 g/mol. The fraction of sp³-hybridized carbons (Fsp3) is 0.500. The maximum atomic E-state index is 13.6. The predicted octanol–water partition coefficient (Wildman–Crippen LogP) is 4.21. The first kappa shape index (κ1) is 23.0. The topological polar surface area (TPSA) is 57.7 Å². The number of nitrogens with zero attached hydrogens (tertiary/aromatic N) is 2. The molecular weight excluding hydrogens is 420 g/mol. The zero-order valence-electron chi connectivity index (χ0n) is 19.9. The van der Waals surface area contributed by atoms with Crippen LogP contribution in [0.25, 0.3) is 0 Å². The van der Waals surface area contributed by atoms with Crippen LogP contribution >= 0.6 is 0 Å². The summed E-state index contributed by atoms with van der Waals surface area (Å²) < 4.78 is 28.8. The fourth-order valence-electron chi connectivity index (χ4n) is 5.27. The van der Waals surface area contributed by atoms with Gasteiger partial charge in [-0.15, -0.1) is 0 Å². The Morgan fingerprint density at radius 2 is 1.34 bits per heavy atom. The van der Waals surface area contributed by atoms with E-state index >= 15 is 0 Å². The summed E-state index contributed by atoms with van der Waals surface area (Å²) in [5, 5.41) is 0. The van der Waals surface area contributed by atoms with E-state index in [9.17, 15) is 13.2 Å². The van der Waals surface area contributed by atoms with Crippen molar-refractivity contribution in [2.24, 2.45) is 5.92 Å². The van der Waals surface area contributed by atoms with E-state index in [1.807, 2.05) is 44.7 Å². The van der Waals surface area contributed by atoms with Crippen molar-refractivity contribution in [2.45, 2.75) is 65.3 Å². The molecule has 0 spiro atoms. The molecule has 2 aliphatic rings. The number of carbonyl (C=O) groups is 1. The maximum Gasteiger partial charge on any atom is 0.243 e. The van der Waals surface area contributed by atoms with Crippen LogP contribution in [0.5, 0.6) is 0 Å². The zero-order chi connectivity index (χ0) is 23.2. The van der Waals surface area contributed by atoms with E-state index in [0.29, 0.717) is 37.4 Å². The van der Waals surface area contributed by atoms with Crippen LogP contribution in [0.2, 0.25) is 0 Å². The smallest absolute Gasteiger partial charge is 0.243 e. The zero-order valence-corrected chi connectivity index (χ0v) is 20.7. The van der Waals surface area contributed by atoms with E-state index in [4.69, 9.17) is 0 Å². The van der Waals surface area contributed by atoms with Crippen molar-refractivity contribution in [1.82, 2.24) is 9.21 Å². The van der Waals surface area contributed by atoms with Crippen molar-refractivity contribution >= 4 is 15.9 Å². The largest absolute Gasteiger partial charge is 0.338 e. The Morgan fingerprint density at radius 3 is 1.94 bits per heavy atom. The lowest BCUT2D eigenvalue weighted by Gasteiger charge is -2.36. The Kier molecular flexibility index (Phi) is 6.21. The highest BCUT2D eigenvalue weighted by Gasteiger charge is 2.36. The lowest BCUT2D eigenvalue weighted by Crippen LogP contribution is -2.45. The second-order valence-corrected chi connectivity index (χ2v) is 11.3. The molecule has 0 aromatic heterocycles. The van der Waals surface area contributed by atoms with E-state index in [1.54, 1.807) is 4.31 Å². The molecule has 0 radical (unpaired) electrons. The standard InChI is InChI=1S/C26H34N2O3S/c1-17-18(2)20(4)25(21(5)19(17)3)32(30,31)28-14-11-23(12-15-28)26(29)27-13-10-22-8-6-7-9-24(22)16-27/h6-9,23H,10-16H2,1-5H3. The molecule has 6 heteroatoms. The van der Waals surface area contributed by atoms with Crippen LogP contribution in [0.4, 0.5) is 0 Å². The summed E-state index contributed by atoms with van der Waals surface area (Å²) >= 11 is 0. The van der Waals surface area contributed by atoms with Crippen LogP contribution in [0.3, 0.4) is 0 Å². The summed E-state index contributed by atoms with van der Waals surface area (Å²) in [6.07, 6.45) is 2.05. The molecule has 2 aromatic rings. The van der Waals surface area contributed by atoms with Crippen molar-refractivity contribution in [3.63, 3.8) is 0 Å². The van der Waals surface area contributed by atoms with E-state index in [2.05, 4.69) is 19.1 Å². The third kappa shape index (κ3) is 3.88. The van der Waals surface area contributed by atoms with Gasteiger partial charge in [-0.3, -0.25) is 4.79 Å². The summed E-state index contributed by atoms with van der Waals surface area (Å²) in [6, 6.07) is 8.31.